The Morgan fingerprint density at radius 1 is 0.800 bits per heavy atom. The number of fused-ring (bicyclic) bond motifs is 2. The molecule has 0 saturated carbocycles. The maximum Gasteiger partial charge on any atom is 0.126 e. The van der Waals surface area contributed by atoms with E-state index in [0.717, 1.165) is 33.2 Å². The average molecular weight is 346 g/mol. The SMILES string of the molecule is Cc1nc2ccccc2[nH]c(-c2ccccc2)c2cc(Cl)ccc2n1. The Hall–Kier alpha value is -2.91. The van der Waals surface area contributed by atoms with Crippen LogP contribution < -0.4 is 0 Å². The summed E-state index contributed by atoms with van der Waals surface area (Å²) in [6.45, 7) is 1.91. The Kier molecular flexibility index (Phi) is 4.08. The summed E-state index contributed by atoms with van der Waals surface area (Å²) in [5, 5.41) is 1.62. The van der Waals surface area contributed by atoms with Crippen molar-refractivity contribution in [3.63, 3.8) is 0 Å². The van der Waals surface area contributed by atoms with Gasteiger partial charge in [0.25, 0.3) is 0 Å². The number of nitrogens with one attached hydrogen (secondary N) is 1. The van der Waals surface area contributed by atoms with Gasteiger partial charge in [0.2, 0.25) is 0 Å². The zero-order valence-electron chi connectivity index (χ0n) is 13.7. The first-order valence-corrected chi connectivity index (χ1v) is 8.44. The standard InChI is InChI=1S/C21H16ClN3/c1-14-23-18-12-11-16(22)13-17(18)21(15-7-3-2-4-8-15)25-20-10-6-5-9-19(20)24-14/h2-13,25H,1H3. The van der Waals surface area contributed by atoms with Gasteiger partial charge < -0.3 is 4.98 Å². The van der Waals surface area contributed by atoms with Crippen LogP contribution in [0.2, 0.25) is 5.02 Å². The summed E-state index contributed by atoms with van der Waals surface area (Å²) in [6, 6.07) is 23.9. The molecule has 4 rings (SSSR count). The molecule has 0 spiro atoms. The van der Waals surface area contributed by atoms with E-state index >= 15 is 0 Å². The number of hydrogen-bond acceptors (Lipinski definition) is 2. The van der Waals surface area contributed by atoms with Gasteiger partial charge >= 0.3 is 0 Å². The van der Waals surface area contributed by atoms with Crippen LogP contribution in [0.25, 0.3) is 33.2 Å². The van der Waals surface area contributed by atoms with Gasteiger partial charge in [0, 0.05) is 10.4 Å². The van der Waals surface area contributed by atoms with E-state index in [9.17, 15) is 0 Å². The molecule has 0 radical (unpaired) electrons. The van der Waals surface area contributed by atoms with Gasteiger partial charge in [-0.1, -0.05) is 54.1 Å². The summed E-state index contributed by atoms with van der Waals surface area (Å²) >= 11 is 6.29. The van der Waals surface area contributed by atoms with E-state index in [1.165, 1.54) is 0 Å². The fourth-order valence-electron chi connectivity index (χ4n) is 2.89. The number of aromatic nitrogens is 3. The van der Waals surface area contributed by atoms with Crippen molar-refractivity contribution in [2.24, 2.45) is 0 Å². The highest BCUT2D eigenvalue weighted by molar-refractivity contribution is 6.31. The van der Waals surface area contributed by atoms with Crippen molar-refractivity contribution in [2.75, 3.05) is 0 Å². The molecule has 3 aromatic carbocycles. The fraction of sp³-hybridized carbons (Fsp3) is 0.0476. The highest BCUT2D eigenvalue weighted by Gasteiger charge is 2.06. The van der Waals surface area contributed by atoms with Crippen LogP contribution in [0.4, 0.5) is 0 Å². The third-order valence-electron chi connectivity index (χ3n) is 4.02. The summed E-state index contributed by atoms with van der Waals surface area (Å²) in [7, 11) is 0. The van der Waals surface area contributed by atoms with E-state index in [4.69, 9.17) is 16.6 Å². The van der Waals surface area contributed by atoms with Crippen molar-refractivity contribution >= 4 is 33.5 Å². The summed E-state index contributed by atoms with van der Waals surface area (Å²) in [5.74, 6) is 0.701. The number of aryl methyl sites for hydroxylation is 1. The predicted molar refractivity (Wildman–Crippen MR) is 104 cm³/mol. The van der Waals surface area contributed by atoms with Crippen LogP contribution in [0.15, 0.2) is 72.8 Å². The molecule has 0 fully saturated rings. The molecule has 122 valence electrons. The van der Waals surface area contributed by atoms with Crippen molar-refractivity contribution in [1.29, 1.82) is 0 Å². The van der Waals surface area contributed by atoms with Crippen LogP contribution in [0.3, 0.4) is 0 Å². The minimum atomic E-state index is 0.673. The van der Waals surface area contributed by atoms with Gasteiger partial charge in [-0.2, -0.15) is 0 Å². The van der Waals surface area contributed by atoms with E-state index in [0.29, 0.717) is 10.8 Å². The third kappa shape index (κ3) is 3.19. The lowest BCUT2D eigenvalue weighted by atomic mass is 10.1. The zero-order valence-corrected chi connectivity index (χ0v) is 14.5. The third-order valence-corrected chi connectivity index (χ3v) is 4.25. The van der Waals surface area contributed by atoms with Crippen LogP contribution >= 0.6 is 11.6 Å². The quantitative estimate of drug-likeness (QED) is 0.469. The number of hydrogen-bond donors (Lipinski definition) is 1. The molecule has 0 atom stereocenters. The Bertz CT molecular complexity index is 1120. The Morgan fingerprint density at radius 3 is 2.36 bits per heavy atom. The molecule has 0 amide bonds. The molecule has 0 aliphatic rings. The number of H-pyrrole nitrogens is 1. The molecule has 4 aromatic rings. The molecule has 3 nitrogen and oxygen atoms in total. The minimum absolute atomic E-state index is 0.673. The smallest absolute Gasteiger partial charge is 0.126 e. The molecule has 0 aliphatic heterocycles. The van der Waals surface area contributed by atoms with E-state index < -0.39 is 0 Å². The number of halogens is 1. The average Bonchev–Trinajstić information content (AvgIpc) is 2.68. The molecule has 0 bridgehead atoms. The maximum absolute atomic E-state index is 6.29. The van der Waals surface area contributed by atoms with Crippen molar-refractivity contribution in [3.8, 4) is 11.3 Å². The van der Waals surface area contributed by atoms with E-state index in [1.807, 2.05) is 67.6 Å². The molecule has 4 heteroatoms. The summed E-state index contributed by atoms with van der Waals surface area (Å²) in [4.78, 5) is 12.9. The van der Waals surface area contributed by atoms with Gasteiger partial charge in [-0.15, -0.1) is 0 Å². The van der Waals surface area contributed by atoms with Crippen LogP contribution in [0, 0.1) is 6.92 Å². The Morgan fingerprint density at radius 2 is 1.52 bits per heavy atom. The van der Waals surface area contributed by atoms with Crippen LogP contribution in [-0.2, 0) is 0 Å². The second kappa shape index (κ2) is 6.54. The van der Waals surface area contributed by atoms with Gasteiger partial charge in [0.15, 0.2) is 0 Å². The second-order valence-corrected chi connectivity index (χ2v) is 6.25. The lowest BCUT2D eigenvalue weighted by Gasteiger charge is -2.05. The predicted octanol–water partition coefficient (Wildman–Crippen LogP) is 5.86. The van der Waals surface area contributed by atoms with Crippen molar-refractivity contribution in [2.45, 2.75) is 6.92 Å². The summed E-state index contributed by atoms with van der Waals surface area (Å²) in [6.07, 6.45) is 0. The van der Waals surface area contributed by atoms with Crippen LogP contribution in [-0.4, -0.2) is 15.0 Å². The molecule has 1 N–H and O–H groups in total. The minimum Gasteiger partial charge on any atom is -0.353 e. The normalized spacial score (nSPS) is 10.8. The lowest BCUT2D eigenvalue weighted by molar-refractivity contribution is 1.13. The van der Waals surface area contributed by atoms with Gasteiger partial charge in [0.05, 0.1) is 22.2 Å². The molecule has 25 heavy (non-hydrogen) atoms. The van der Waals surface area contributed by atoms with E-state index in [2.05, 4.69) is 22.1 Å². The van der Waals surface area contributed by atoms with Gasteiger partial charge in [-0.05, 0) is 42.8 Å². The van der Waals surface area contributed by atoms with Gasteiger partial charge in [0.1, 0.15) is 5.82 Å². The van der Waals surface area contributed by atoms with E-state index in [1.54, 1.807) is 0 Å². The largest absolute Gasteiger partial charge is 0.353 e. The summed E-state index contributed by atoms with van der Waals surface area (Å²) < 4.78 is 0. The molecule has 0 saturated heterocycles. The maximum atomic E-state index is 6.29. The van der Waals surface area contributed by atoms with Crippen molar-refractivity contribution < 1.29 is 0 Å². The lowest BCUT2D eigenvalue weighted by Crippen LogP contribution is -1.85. The number of rotatable bonds is 1. The van der Waals surface area contributed by atoms with Crippen molar-refractivity contribution in [3.05, 3.63) is 83.6 Å². The molecule has 0 aliphatic carbocycles. The Balaban J connectivity index is 2.27. The molecule has 1 aromatic heterocycles. The number of benzene rings is 3. The van der Waals surface area contributed by atoms with Gasteiger partial charge in [-0.3, -0.25) is 0 Å². The molecule has 0 unspecified atom stereocenters. The number of nitrogens with zero attached hydrogens (tertiary/aromatic N) is 2. The first-order valence-electron chi connectivity index (χ1n) is 8.06. The molecular weight excluding hydrogens is 330 g/mol. The van der Waals surface area contributed by atoms with Crippen LogP contribution in [0.1, 0.15) is 5.82 Å². The number of aromatic amines is 1. The highest BCUT2D eigenvalue weighted by atomic mass is 35.5. The first-order chi connectivity index (χ1) is 12.2. The van der Waals surface area contributed by atoms with E-state index in [-0.39, 0.29) is 0 Å². The topological polar surface area (TPSA) is 41.6 Å². The van der Waals surface area contributed by atoms with Crippen molar-refractivity contribution in [1.82, 2.24) is 15.0 Å². The fourth-order valence-corrected chi connectivity index (χ4v) is 3.06. The van der Waals surface area contributed by atoms with Crippen LogP contribution in [0.5, 0.6) is 0 Å². The first kappa shape index (κ1) is 15.6. The molecular formula is C21H16ClN3. The zero-order chi connectivity index (χ0) is 17.2. The summed E-state index contributed by atoms with van der Waals surface area (Å²) in [5.41, 5.74) is 4.65. The number of para-hydroxylation sites is 2. The monoisotopic (exact) mass is 345 g/mol. The second-order valence-electron chi connectivity index (χ2n) is 5.82. The highest BCUT2D eigenvalue weighted by Crippen LogP contribution is 2.27. The Labute approximate surface area is 150 Å². The van der Waals surface area contributed by atoms with Gasteiger partial charge in [-0.25, -0.2) is 9.97 Å². The molecule has 1 heterocycles.